The molecule has 0 aliphatic carbocycles. The first-order valence-electron chi connectivity index (χ1n) is 10.8. The van der Waals surface area contributed by atoms with Gasteiger partial charge < -0.3 is 10.1 Å². The number of fused-ring (bicyclic) bond motifs is 1. The average molecular weight is 522 g/mol. The Morgan fingerprint density at radius 3 is 2.71 bits per heavy atom. The van der Waals surface area contributed by atoms with E-state index >= 15 is 0 Å². The number of pyridine rings is 1. The topological polar surface area (TPSA) is 148 Å². The van der Waals surface area contributed by atoms with Gasteiger partial charge in [-0.15, -0.1) is 0 Å². The van der Waals surface area contributed by atoms with Crippen LogP contribution in [0.2, 0.25) is 0 Å². The lowest BCUT2D eigenvalue weighted by atomic mass is 10.1. The molecule has 0 aromatic carbocycles. The van der Waals surface area contributed by atoms with E-state index in [0.717, 1.165) is 0 Å². The first-order valence-corrected chi connectivity index (χ1v) is 15.0. The Kier molecular flexibility index (Phi) is 6.79. The van der Waals surface area contributed by atoms with Gasteiger partial charge in [0.1, 0.15) is 23.6 Å². The minimum absolute atomic E-state index is 0.247. The summed E-state index contributed by atoms with van der Waals surface area (Å²) >= 11 is 0. The van der Waals surface area contributed by atoms with E-state index in [9.17, 15) is 17.4 Å². The Morgan fingerprint density at radius 1 is 1.23 bits per heavy atom. The number of anilines is 2. The second kappa shape index (κ2) is 9.51. The van der Waals surface area contributed by atoms with Crippen LogP contribution in [0.5, 0.6) is 5.88 Å². The second-order valence-electron chi connectivity index (χ2n) is 8.63. The summed E-state index contributed by atoms with van der Waals surface area (Å²) in [7, 11) is -5.93. The van der Waals surface area contributed by atoms with Crippen LogP contribution in [0.15, 0.2) is 35.2 Å². The summed E-state index contributed by atoms with van der Waals surface area (Å²) in [6.45, 7) is 2.45. The van der Waals surface area contributed by atoms with E-state index in [1.165, 1.54) is 40.1 Å². The van der Waals surface area contributed by atoms with Crippen molar-refractivity contribution in [2.24, 2.45) is 4.36 Å². The molecule has 1 aliphatic rings. The number of carbonyl (C=O) groups is 1. The zero-order chi connectivity index (χ0) is 25.4. The molecule has 1 atom stereocenters. The maximum absolute atomic E-state index is 12.6. The molecule has 0 radical (unpaired) electrons. The molecule has 1 saturated heterocycles. The number of hydrogen-bond acceptors (Lipinski definition) is 9. The van der Waals surface area contributed by atoms with Gasteiger partial charge in [-0.2, -0.15) is 13.8 Å². The SMILES string of the molecule is Cc1c(C(=O)N=S(C)(C)=O)cn2ncnc(Nc3cccnc3O[C@@H]3CCCN(S(C)(=O)=O)C3)c12. The Labute approximate surface area is 204 Å². The molecule has 3 aromatic rings. The quantitative estimate of drug-likeness (QED) is 0.513. The summed E-state index contributed by atoms with van der Waals surface area (Å²) in [6.07, 6.45) is 9.47. The number of nitrogens with one attached hydrogen (secondary N) is 1. The highest BCUT2D eigenvalue weighted by atomic mass is 32.2. The first-order chi connectivity index (χ1) is 16.4. The highest BCUT2D eigenvalue weighted by Crippen LogP contribution is 2.31. The number of ether oxygens (including phenoxy) is 1. The molecule has 0 bridgehead atoms. The molecule has 0 spiro atoms. The fraction of sp³-hybridized carbons (Fsp3) is 0.429. The summed E-state index contributed by atoms with van der Waals surface area (Å²) in [5, 5.41) is 7.38. The van der Waals surface area contributed by atoms with Gasteiger partial charge >= 0.3 is 0 Å². The molecule has 14 heteroatoms. The predicted molar refractivity (Wildman–Crippen MR) is 132 cm³/mol. The summed E-state index contributed by atoms with van der Waals surface area (Å²) in [5.41, 5.74) is 1.91. The van der Waals surface area contributed by atoms with E-state index in [1.54, 1.807) is 25.3 Å². The lowest BCUT2D eigenvalue weighted by Gasteiger charge is -2.31. The van der Waals surface area contributed by atoms with E-state index in [1.807, 2.05) is 0 Å². The fourth-order valence-corrected chi connectivity index (χ4v) is 5.28. The Hall–Kier alpha value is -3.10. The molecule has 35 heavy (non-hydrogen) atoms. The van der Waals surface area contributed by atoms with Crippen molar-refractivity contribution in [1.29, 1.82) is 0 Å². The third kappa shape index (κ3) is 5.77. The molecule has 3 aromatic heterocycles. The van der Waals surface area contributed by atoms with Crippen LogP contribution in [0.4, 0.5) is 11.5 Å². The zero-order valence-corrected chi connectivity index (χ0v) is 21.5. The van der Waals surface area contributed by atoms with E-state index < -0.39 is 25.7 Å². The summed E-state index contributed by atoms with van der Waals surface area (Å²) in [6, 6.07) is 3.50. The number of nitrogens with zero attached hydrogens (tertiary/aromatic N) is 6. The summed E-state index contributed by atoms with van der Waals surface area (Å²) in [5.74, 6) is 0.119. The van der Waals surface area contributed by atoms with Crippen molar-refractivity contribution in [3.8, 4) is 5.88 Å². The van der Waals surface area contributed by atoms with E-state index in [-0.39, 0.29) is 18.2 Å². The zero-order valence-electron chi connectivity index (χ0n) is 19.8. The van der Waals surface area contributed by atoms with Crippen molar-refractivity contribution >= 4 is 42.7 Å². The Bertz CT molecular complexity index is 1500. The second-order valence-corrected chi connectivity index (χ2v) is 13.2. The van der Waals surface area contributed by atoms with Gasteiger partial charge in [0.2, 0.25) is 15.9 Å². The van der Waals surface area contributed by atoms with Gasteiger partial charge in [-0.3, -0.25) is 4.79 Å². The van der Waals surface area contributed by atoms with Crippen LogP contribution in [0.1, 0.15) is 28.8 Å². The molecule has 4 heterocycles. The fourth-order valence-electron chi connectivity index (χ4n) is 3.88. The molecular formula is C21H27N7O5S2. The van der Waals surface area contributed by atoms with Crippen LogP contribution in [-0.4, -0.2) is 80.4 Å². The van der Waals surface area contributed by atoms with Crippen molar-refractivity contribution < 1.29 is 22.2 Å². The molecule has 12 nitrogen and oxygen atoms in total. The molecule has 1 aliphatic heterocycles. The summed E-state index contributed by atoms with van der Waals surface area (Å²) in [4.78, 5) is 21.2. The molecule has 1 amide bonds. The number of sulfonamides is 1. The van der Waals surface area contributed by atoms with Gasteiger partial charge in [-0.05, 0) is 37.5 Å². The predicted octanol–water partition coefficient (Wildman–Crippen LogP) is 1.85. The monoisotopic (exact) mass is 521 g/mol. The molecule has 1 fully saturated rings. The van der Waals surface area contributed by atoms with Crippen molar-refractivity contribution in [2.75, 3.05) is 37.2 Å². The van der Waals surface area contributed by atoms with E-state index in [0.29, 0.717) is 47.9 Å². The van der Waals surface area contributed by atoms with Gasteiger partial charge in [0, 0.05) is 41.2 Å². The molecule has 1 N–H and O–H groups in total. The number of amides is 1. The van der Waals surface area contributed by atoms with E-state index in [2.05, 4.69) is 24.7 Å². The van der Waals surface area contributed by atoms with Crippen LogP contribution in [0, 0.1) is 6.92 Å². The average Bonchev–Trinajstić information content (AvgIpc) is 3.11. The largest absolute Gasteiger partial charge is 0.471 e. The van der Waals surface area contributed by atoms with Crippen LogP contribution in [0.3, 0.4) is 0 Å². The number of carbonyl (C=O) groups excluding carboxylic acids is 1. The minimum Gasteiger partial charge on any atom is -0.471 e. The summed E-state index contributed by atoms with van der Waals surface area (Å²) < 4.78 is 48.7. The number of hydrogen-bond donors (Lipinski definition) is 1. The standard InChI is InChI=1S/C21H27N7O5S2/c1-14-16(20(29)26-34(2,3)30)12-28-18(14)19(23-13-24-28)25-17-8-5-9-22-21(17)33-15-7-6-10-27(11-15)35(4,31)32/h5,8-9,12-13,15H,6-7,10-11H2,1-4H3,(H,23,24,25)/t15-/m1/s1. The van der Waals surface area contributed by atoms with Crippen molar-refractivity contribution in [2.45, 2.75) is 25.9 Å². The molecule has 4 rings (SSSR count). The van der Waals surface area contributed by atoms with Crippen LogP contribution in [0.25, 0.3) is 5.52 Å². The lowest BCUT2D eigenvalue weighted by molar-refractivity contribution is 0.100. The van der Waals surface area contributed by atoms with Crippen LogP contribution >= 0.6 is 0 Å². The normalized spacial score (nSPS) is 17.3. The van der Waals surface area contributed by atoms with Gasteiger partial charge in [0.25, 0.3) is 5.91 Å². The number of rotatable bonds is 6. The van der Waals surface area contributed by atoms with Crippen LogP contribution in [-0.2, 0) is 19.8 Å². The molecule has 188 valence electrons. The van der Waals surface area contributed by atoms with Crippen molar-refractivity contribution in [1.82, 2.24) is 23.9 Å². The van der Waals surface area contributed by atoms with Gasteiger partial charge in [0.15, 0.2) is 5.82 Å². The number of piperidine rings is 1. The van der Waals surface area contributed by atoms with Gasteiger partial charge in [0.05, 0.1) is 18.4 Å². The number of aromatic nitrogens is 4. The van der Waals surface area contributed by atoms with Crippen LogP contribution < -0.4 is 10.1 Å². The first kappa shape index (κ1) is 25.0. The minimum atomic E-state index is -3.31. The van der Waals surface area contributed by atoms with Gasteiger partial charge in [-0.1, -0.05) is 0 Å². The molecule has 0 saturated carbocycles. The number of aryl methyl sites for hydroxylation is 1. The van der Waals surface area contributed by atoms with Crippen molar-refractivity contribution in [3.05, 3.63) is 42.0 Å². The third-order valence-corrected chi connectivity index (χ3v) is 7.35. The molecule has 0 unspecified atom stereocenters. The van der Waals surface area contributed by atoms with Gasteiger partial charge in [-0.25, -0.2) is 27.1 Å². The highest BCUT2D eigenvalue weighted by molar-refractivity contribution is 7.92. The maximum atomic E-state index is 12.6. The lowest BCUT2D eigenvalue weighted by Crippen LogP contribution is -2.43. The van der Waals surface area contributed by atoms with E-state index in [4.69, 9.17) is 4.74 Å². The van der Waals surface area contributed by atoms with Crippen molar-refractivity contribution in [3.63, 3.8) is 0 Å². The Balaban J connectivity index is 1.64. The Morgan fingerprint density at radius 2 is 2.00 bits per heavy atom. The smallest absolute Gasteiger partial charge is 0.286 e. The third-order valence-electron chi connectivity index (χ3n) is 5.47. The highest BCUT2D eigenvalue weighted by Gasteiger charge is 2.28. The maximum Gasteiger partial charge on any atom is 0.286 e. The molecular weight excluding hydrogens is 494 g/mol.